The van der Waals surface area contributed by atoms with E-state index < -0.39 is 0 Å². The minimum Gasteiger partial charge on any atom is -0.312 e. The summed E-state index contributed by atoms with van der Waals surface area (Å²) in [6.07, 6.45) is 1.08. The Morgan fingerprint density at radius 1 is 1.22 bits per heavy atom. The van der Waals surface area contributed by atoms with Crippen molar-refractivity contribution in [1.82, 2.24) is 20.1 Å². The van der Waals surface area contributed by atoms with Crippen LogP contribution in [0.3, 0.4) is 0 Å². The number of rotatable bonds is 2. The molecule has 0 spiro atoms. The third-order valence-electron chi connectivity index (χ3n) is 4.08. The summed E-state index contributed by atoms with van der Waals surface area (Å²) in [6, 6.07) is 0.292. The Morgan fingerprint density at radius 3 is 2.44 bits per heavy atom. The van der Waals surface area contributed by atoms with Gasteiger partial charge in [0.1, 0.15) is 5.82 Å². The van der Waals surface area contributed by atoms with Crippen molar-refractivity contribution in [3.63, 3.8) is 0 Å². The van der Waals surface area contributed by atoms with E-state index in [1.165, 1.54) is 0 Å². The van der Waals surface area contributed by atoms with Crippen molar-refractivity contribution in [2.75, 3.05) is 6.54 Å². The lowest BCUT2D eigenvalue weighted by molar-refractivity contribution is 0.229. The summed E-state index contributed by atoms with van der Waals surface area (Å²) < 4.78 is 2.33. The van der Waals surface area contributed by atoms with Crippen molar-refractivity contribution in [2.24, 2.45) is 5.41 Å². The number of hydrogen-bond acceptors (Lipinski definition) is 3. The van der Waals surface area contributed by atoms with Crippen LogP contribution >= 0.6 is 0 Å². The molecule has 1 aromatic heterocycles. The van der Waals surface area contributed by atoms with Gasteiger partial charge in [0.15, 0.2) is 5.82 Å². The van der Waals surface area contributed by atoms with Crippen molar-refractivity contribution in [2.45, 2.75) is 66.0 Å². The number of nitrogens with one attached hydrogen (secondary N) is 1. The highest BCUT2D eigenvalue weighted by Crippen LogP contribution is 2.35. The zero-order valence-corrected chi connectivity index (χ0v) is 12.5. The average Bonchev–Trinajstić information content (AvgIpc) is 2.71. The summed E-state index contributed by atoms with van der Waals surface area (Å²) in [5.41, 5.74) is 0.268. The molecule has 4 nitrogen and oxygen atoms in total. The molecule has 1 aliphatic rings. The SMILES string of the molecule is CCC(C)(C)c1nnc2n1CCNC2C(C)(C)C. The topological polar surface area (TPSA) is 42.7 Å². The van der Waals surface area contributed by atoms with Crippen LogP contribution in [0.25, 0.3) is 0 Å². The smallest absolute Gasteiger partial charge is 0.150 e. The quantitative estimate of drug-likeness (QED) is 0.877. The molecular formula is C14H26N4. The molecule has 0 bridgehead atoms. The van der Waals surface area contributed by atoms with E-state index in [0.717, 1.165) is 31.2 Å². The minimum atomic E-state index is 0.102. The van der Waals surface area contributed by atoms with Gasteiger partial charge in [0.05, 0.1) is 6.04 Å². The molecule has 0 saturated carbocycles. The van der Waals surface area contributed by atoms with Crippen LogP contribution in [0.5, 0.6) is 0 Å². The monoisotopic (exact) mass is 250 g/mol. The Balaban J connectivity index is 2.45. The van der Waals surface area contributed by atoms with Crippen LogP contribution < -0.4 is 5.32 Å². The highest BCUT2D eigenvalue weighted by molar-refractivity contribution is 5.13. The first-order chi connectivity index (χ1) is 8.27. The normalized spacial score (nSPS) is 20.9. The van der Waals surface area contributed by atoms with Crippen molar-refractivity contribution >= 4 is 0 Å². The summed E-state index contributed by atoms with van der Waals surface area (Å²) >= 11 is 0. The van der Waals surface area contributed by atoms with Gasteiger partial charge in [0, 0.05) is 18.5 Å². The van der Waals surface area contributed by atoms with Gasteiger partial charge in [-0.05, 0) is 11.8 Å². The fourth-order valence-electron chi connectivity index (χ4n) is 2.51. The second-order valence-electron chi connectivity index (χ2n) is 7.02. The van der Waals surface area contributed by atoms with E-state index in [4.69, 9.17) is 0 Å². The van der Waals surface area contributed by atoms with E-state index >= 15 is 0 Å². The highest BCUT2D eigenvalue weighted by Gasteiger charge is 2.36. The first-order valence-corrected chi connectivity index (χ1v) is 6.94. The fourth-order valence-corrected chi connectivity index (χ4v) is 2.51. The molecule has 1 atom stereocenters. The third kappa shape index (κ3) is 2.18. The Kier molecular flexibility index (Phi) is 3.26. The van der Waals surface area contributed by atoms with E-state index in [9.17, 15) is 0 Å². The zero-order valence-electron chi connectivity index (χ0n) is 12.5. The third-order valence-corrected chi connectivity index (χ3v) is 4.08. The summed E-state index contributed by atoms with van der Waals surface area (Å²) in [5.74, 6) is 2.24. The molecule has 102 valence electrons. The summed E-state index contributed by atoms with van der Waals surface area (Å²) in [6.45, 7) is 15.4. The lowest BCUT2D eigenvalue weighted by atomic mass is 9.84. The van der Waals surface area contributed by atoms with Crippen molar-refractivity contribution < 1.29 is 0 Å². The molecule has 1 aromatic rings. The van der Waals surface area contributed by atoms with Gasteiger partial charge in [-0.1, -0.05) is 41.5 Å². The van der Waals surface area contributed by atoms with E-state index in [-0.39, 0.29) is 10.8 Å². The van der Waals surface area contributed by atoms with Gasteiger partial charge in [-0.25, -0.2) is 0 Å². The zero-order chi connectivity index (χ0) is 13.6. The molecule has 0 aliphatic carbocycles. The van der Waals surface area contributed by atoms with E-state index in [2.05, 4.69) is 61.6 Å². The number of hydrogen-bond donors (Lipinski definition) is 1. The van der Waals surface area contributed by atoms with Crippen molar-refractivity contribution in [1.29, 1.82) is 0 Å². The molecule has 18 heavy (non-hydrogen) atoms. The molecule has 2 heterocycles. The largest absolute Gasteiger partial charge is 0.312 e. The number of aromatic nitrogens is 3. The van der Waals surface area contributed by atoms with Crippen LogP contribution in [0.2, 0.25) is 0 Å². The van der Waals surface area contributed by atoms with Crippen molar-refractivity contribution in [3.8, 4) is 0 Å². The lowest BCUT2D eigenvalue weighted by Crippen LogP contribution is -2.41. The first-order valence-electron chi connectivity index (χ1n) is 6.94. The highest BCUT2D eigenvalue weighted by atomic mass is 15.3. The molecule has 1 N–H and O–H groups in total. The van der Waals surface area contributed by atoms with Crippen molar-refractivity contribution in [3.05, 3.63) is 11.6 Å². The van der Waals surface area contributed by atoms with Crippen LogP contribution in [-0.2, 0) is 12.0 Å². The predicted molar refractivity (Wildman–Crippen MR) is 73.5 cm³/mol. The van der Waals surface area contributed by atoms with Crippen LogP contribution in [0.15, 0.2) is 0 Å². The Labute approximate surface area is 110 Å². The van der Waals surface area contributed by atoms with Crippen LogP contribution in [0.4, 0.5) is 0 Å². The van der Waals surface area contributed by atoms with Gasteiger partial charge in [-0.2, -0.15) is 0 Å². The van der Waals surface area contributed by atoms with Crippen LogP contribution in [0.1, 0.15) is 65.7 Å². The lowest BCUT2D eigenvalue weighted by Gasteiger charge is -2.35. The molecular weight excluding hydrogens is 224 g/mol. The molecule has 0 amide bonds. The van der Waals surface area contributed by atoms with Gasteiger partial charge in [0.2, 0.25) is 0 Å². The second kappa shape index (κ2) is 4.34. The molecule has 0 aromatic carbocycles. The number of fused-ring (bicyclic) bond motifs is 1. The number of nitrogens with zero attached hydrogens (tertiary/aromatic N) is 3. The average molecular weight is 250 g/mol. The Bertz CT molecular complexity index is 425. The standard InChI is InChI=1S/C14H26N4/c1-7-14(5,6)12-17-16-11-10(13(2,3)4)15-8-9-18(11)12/h10,15H,7-9H2,1-6H3. The van der Waals surface area contributed by atoms with Gasteiger partial charge < -0.3 is 9.88 Å². The molecule has 4 heteroatoms. The molecule has 0 fully saturated rings. The summed E-state index contributed by atoms with van der Waals surface area (Å²) in [7, 11) is 0. The van der Waals surface area contributed by atoms with E-state index in [1.54, 1.807) is 0 Å². The Morgan fingerprint density at radius 2 is 1.89 bits per heavy atom. The first kappa shape index (κ1) is 13.5. The Hall–Kier alpha value is -0.900. The minimum absolute atomic E-state index is 0.102. The second-order valence-corrected chi connectivity index (χ2v) is 7.02. The van der Waals surface area contributed by atoms with E-state index in [1.807, 2.05) is 0 Å². The molecule has 2 rings (SSSR count). The van der Waals surface area contributed by atoms with Gasteiger partial charge in [-0.15, -0.1) is 10.2 Å². The summed E-state index contributed by atoms with van der Waals surface area (Å²) in [4.78, 5) is 0. The molecule has 1 unspecified atom stereocenters. The maximum absolute atomic E-state index is 4.48. The summed E-state index contributed by atoms with van der Waals surface area (Å²) in [5, 5.41) is 12.5. The van der Waals surface area contributed by atoms with Crippen LogP contribution in [0, 0.1) is 5.41 Å². The van der Waals surface area contributed by atoms with E-state index in [0.29, 0.717) is 6.04 Å². The maximum Gasteiger partial charge on any atom is 0.150 e. The van der Waals surface area contributed by atoms with Crippen LogP contribution in [-0.4, -0.2) is 21.3 Å². The van der Waals surface area contributed by atoms with Gasteiger partial charge in [0.25, 0.3) is 0 Å². The van der Waals surface area contributed by atoms with Gasteiger partial charge in [-0.3, -0.25) is 0 Å². The predicted octanol–water partition coefficient (Wildman–Crippen LogP) is 2.66. The molecule has 0 radical (unpaired) electrons. The van der Waals surface area contributed by atoms with Gasteiger partial charge >= 0.3 is 0 Å². The maximum atomic E-state index is 4.48. The molecule has 1 aliphatic heterocycles. The fraction of sp³-hybridized carbons (Fsp3) is 0.857. The molecule has 0 saturated heterocycles.